The number of hydrogen-bond donors (Lipinski definition) is 2. The van der Waals surface area contributed by atoms with Gasteiger partial charge in [0.25, 0.3) is 5.91 Å². The predicted molar refractivity (Wildman–Crippen MR) is 101 cm³/mol. The van der Waals surface area contributed by atoms with E-state index in [1.165, 1.54) is 13.2 Å². The molecule has 7 nitrogen and oxygen atoms in total. The number of nitrogens with one attached hydrogen (secondary N) is 2. The molecule has 0 unspecified atom stereocenters. The Labute approximate surface area is 157 Å². The first kappa shape index (κ1) is 20.0. The molecule has 7 heteroatoms. The van der Waals surface area contributed by atoms with Crippen LogP contribution in [0.5, 0.6) is 5.75 Å². The maximum absolute atomic E-state index is 12.0. The first-order valence-electron chi connectivity index (χ1n) is 8.30. The van der Waals surface area contributed by atoms with E-state index in [2.05, 4.69) is 10.6 Å². The zero-order chi connectivity index (χ0) is 20.0. The molecule has 0 atom stereocenters. The molecule has 0 bridgehead atoms. The minimum Gasteiger partial charge on any atom is -0.496 e. The Kier molecular flexibility index (Phi) is 6.54. The highest BCUT2D eigenvalue weighted by atomic mass is 16.5. The number of urea groups is 1. The number of benzene rings is 2. The summed E-state index contributed by atoms with van der Waals surface area (Å²) in [5.41, 5.74) is 3.65. The van der Waals surface area contributed by atoms with Crippen LogP contribution in [0.25, 0.3) is 0 Å². The van der Waals surface area contributed by atoms with E-state index in [0.29, 0.717) is 11.4 Å². The molecule has 0 heterocycles. The molecule has 2 N–H and O–H groups in total. The number of hydrogen-bond acceptors (Lipinski definition) is 5. The highest BCUT2D eigenvalue weighted by molar-refractivity contribution is 6.02. The Balaban J connectivity index is 1.86. The summed E-state index contributed by atoms with van der Waals surface area (Å²) in [6.07, 6.45) is 0. The standard InChI is InChI=1S/C20H22N2O5/c1-12-5-8-16(14(3)9-12)21-20(25)22-18(23)11-27-19(24)15-7-6-13(2)17(10-15)26-4/h5-10H,11H2,1-4H3,(H2,21,22,23,25). The number of carbonyl (C=O) groups excluding carboxylic acids is 3. The van der Waals surface area contributed by atoms with Crippen molar-refractivity contribution in [2.24, 2.45) is 0 Å². The number of rotatable bonds is 5. The maximum atomic E-state index is 12.0. The van der Waals surface area contributed by atoms with Gasteiger partial charge in [0.05, 0.1) is 12.7 Å². The third-order valence-corrected chi connectivity index (χ3v) is 3.86. The van der Waals surface area contributed by atoms with E-state index in [0.717, 1.165) is 16.7 Å². The third-order valence-electron chi connectivity index (χ3n) is 3.86. The molecule has 0 aliphatic rings. The molecule has 0 aliphatic carbocycles. The molecule has 2 rings (SSSR count). The van der Waals surface area contributed by atoms with Crippen LogP contribution in [0.4, 0.5) is 10.5 Å². The Morgan fingerprint density at radius 2 is 1.70 bits per heavy atom. The molecule has 0 radical (unpaired) electrons. The number of amides is 3. The van der Waals surface area contributed by atoms with E-state index >= 15 is 0 Å². The van der Waals surface area contributed by atoms with E-state index in [4.69, 9.17) is 9.47 Å². The van der Waals surface area contributed by atoms with Gasteiger partial charge in [-0.3, -0.25) is 10.1 Å². The lowest BCUT2D eigenvalue weighted by molar-refractivity contribution is -0.123. The number of esters is 1. The molecular weight excluding hydrogens is 348 g/mol. The molecule has 0 aliphatic heterocycles. The van der Waals surface area contributed by atoms with E-state index in [1.54, 1.807) is 18.2 Å². The minimum absolute atomic E-state index is 0.255. The van der Waals surface area contributed by atoms with Crippen LogP contribution < -0.4 is 15.4 Å². The van der Waals surface area contributed by atoms with E-state index < -0.39 is 24.5 Å². The van der Waals surface area contributed by atoms with Crippen molar-refractivity contribution in [1.29, 1.82) is 0 Å². The van der Waals surface area contributed by atoms with E-state index in [1.807, 2.05) is 32.9 Å². The predicted octanol–water partition coefficient (Wildman–Crippen LogP) is 3.13. The molecule has 2 aromatic carbocycles. The smallest absolute Gasteiger partial charge is 0.338 e. The lowest BCUT2D eigenvalue weighted by Gasteiger charge is -2.10. The number of ether oxygens (including phenoxy) is 2. The van der Waals surface area contributed by atoms with Crippen molar-refractivity contribution < 1.29 is 23.9 Å². The molecule has 3 amide bonds. The lowest BCUT2D eigenvalue weighted by Crippen LogP contribution is -2.37. The first-order valence-corrected chi connectivity index (χ1v) is 8.30. The molecule has 0 fully saturated rings. The zero-order valence-electron chi connectivity index (χ0n) is 15.7. The SMILES string of the molecule is COc1cc(C(=O)OCC(=O)NC(=O)Nc2ccc(C)cc2C)ccc1C. The summed E-state index contributed by atoms with van der Waals surface area (Å²) in [5.74, 6) is -0.871. The highest BCUT2D eigenvalue weighted by Gasteiger charge is 2.14. The van der Waals surface area contributed by atoms with E-state index in [9.17, 15) is 14.4 Å². The highest BCUT2D eigenvalue weighted by Crippen LogP contribution is 2.19. The number of imide groups is 1. The summed E-state index contributed by atoms with van der Waals surface area (Å²) in [7, 11) is 1.50. The molecule has 27 heavy (non-hydrogen) atoms. The average Bonchev–Trinajstić information content (AvgIpc) is 2.62. The number of methoxy groups -OCH3 is 1. The van der Waals surface area contributed by atoms with Gasteiger partial charge in [0, 0.05) is 5.69 Å². The van der Waals surface area contributed by atoms with Crippen molar-refractivity contribution in [2.75, 3.05) is 19.0 Å². The van der Waals surface area contributed by atoms with Crippen molar-refractivity contribution in [1.82, 2.24) is 5.32 Å². The first-order chi connectivity index (χ1) is 12.8. The van der Waals surface area contributed by atoms with Crippen LogP contribution in [-0.2, 0) is 9.53 Å². The van der Waals surface area contributed by atoms with Crippen molar-refractivity contribution in [3.63, 3.8) is 0 Å². The van der Waals surface area contributed by atoms with Gasteiger partial charge in [0.1, 0.15) is 5.75 Å². The van der Waals surface area contributed by atoms with Crippen molar-refractivity contribution in [3.8, 4) is 5.75 Å². The summed E-state index contributed by atoms with van der Waals surface area (Å²) < 4.78 is 10.1. The van der Waals surface area contributed by atoms with Gasteiger partial charge < -0.3 is 14.8 Å². The Hall–Kier alpha value is -3.35. The normalized spacial score (nSPS) is 10.1. The average molecular weight is 370 g/mol. The monoisotopic (exact) mass is 370 g/mol. The number of aryl methyl sites for hydroxylation is 3. The molecular formula is C20H22N2O5. The van der Waals surface area contributed by atoms with Crippen LogP contribution in [0, 0.1) is 20.8 Å². The molecule has 0 spiro atoms. The fourth-order valence-corrected chi connectivity index (χ4v) is 2.43. The van der Waals surface area contributed by atoms with Gasteiger partial charge >= 0.3 is 12.0 Å². The maximum Gasteiger partial charge on any atom is 0.338 e. The number of carbonyl (C=O) groups is 3. The lowest BCUT2D eigenvalue weighted by atomic mass is 10.1. The van der Waals surface area contributed by atoms with Gasteiger partial charge in [-0.05, 0) is 50.1 Å². The Bertz CT molecular complexity index is 877. The van der Waals surface area contributed by atoms with Gasteiger partial charge in [-0.25, -0.2) is 9.59 Å². The van der Waals surface area contributed by atoms with Gasteiger partial charge in [0.2, 0.25) is 0 Å². The Morgan fingerprint density at radius 3 is 2.37 bits per heavy atom. The molecule has 0 saturated carbocycles. The Morgan fingerprint density at radius 1 is 0.963 bits per heavy atom. The molecule has 2 aromatic rings. The topological polar surface area (TPSA) is 93.7 Å². The van der Waals surface area contributed by atoms with Gasteiger partial charge in [-0.2, -0.15) is 0 Å². The van der Waals surface area contributed by atoms with Crippen LogP contribution >= 0.6 is 0 Å². The van der Waals surface area contributed by atoms with Gasteiger partial charge in [-0.15, -0.1) is 0 Å². The number of anilines is 1. The van der Waals surface area contributed by atoms with E-state index in [-0.39, 0.29) is 5.56 Å². The summed E-state index contributed by atoms with van der Waals surface area (Å²) in [6, 6.07) is 9.64. The van der Waals surface area contributed by atoms with Crippen LogP contribution in [-0.4, -0.2) is 31.6 Å². The van der Waals surface area contributed by atoms with Crippen molar-refractivity contribution in [3.05, 3.63) is 58.7 Å². The van der Waals surface area contributed by atoms with Crippen molar-refractivity contribution >= 4 is 23.6 Å². The summed E-state index contributed by atoms with van der Waals surface area (Å²) in [4.78, 5) is 35.7. The fourth-order valence-electron chi connectivity index (χ4n) is 2.43. The van der Waals surface area contributed by atoms with Gasteiger partial charge in [-0.1, -0.05) is 23.8 Å². The van der Waals surface area contributed by atoms with Crippen LogP contribution in [0.15, 0.2) is 36.4 Å². The van der Waals surface area contributed by atoms with Crippen LogP contribution in [0.3, 0.4) is 0 Å². The summed E-state index contributed by atoms with van der Waals surface area (Å²) in [5, 5.41) is 4.70. The summed E-state index contributed by atoms with van der Waals surface area (Å²) >= 11 is 0. The second-order valence-electron chi connectivity index (χ2n) is 6.08. The fraction of sp³-hybridized carbons (Fsp3) is 0.250. The third kappa shape index (κ3) is 5.57. The second-order valence-corrected chi connectivity index (χ2v) is 6.08. The zero-order valence-corrected chi connectivity index (χ0v) is 15.7. The summed E-state index contributed by atoms with van der Waals surface area (Å²) in [6.45, 7) is 5.06. The minimum atomic E-state index is -0.732. The second kappa shape index (κ2) is 8.84. The van der Waals surface area contributed by atoms with Crippen LogP contribution in [0.2, 0.25) is 0 Å². The van der Waals surface area contributed by atoms with Gasteiger partial charge in [0.15, 0.2) is 6.61 Å². The molecule has 142 valence electrons. The molecule has 0 saturated heterocycles. The van der Waals surface area contributed by atoms with Crippen molar-refractivity contribution in [2.45, 2.75) is 20.8 Å². The van der Waals surface area contributed by atoms with Crippen LogP contribution in [0.1, 0.15) is 27.0 Å². The largest absolute Gasteiger partial charge is 0.496 e. The quantitative estimate of drug-likeness (QED) is 0.789. The molecule has 0 aromatic heterocycles.